The molecule has 0 saturated carbocycles. The van der Waals surface area contributed by atoms with Crippen LogP contribution in [0.1, 0.15) is 31.8 Å². The number of ether oxygens (including phenoxy) is 1. The zero-order chi connectivity index (χ0) is 14.1. The molecule has 0 aliphatic heterocycles. The van der Waals surface area contributed by atoms with Crippen molar-refractivity contribution in [2.75, 3.05) is 6.61 Å². The summed E-state index contributed by atoms with van der Waals surface area (Å²) in [4.78, 5) is 24.8. The summed E-state index contributed by atoms with van der Waals surface area (Å²) in [7, 11) is 0. The van der Waals surface area contributed by atoms with Crippen molar-refractivity contribution in [3.8, 4) is 5.75 Å². The highest BCUT2D eigenvalue weighted by atomic mass is 16.5. The van der Waals surface area contributed by atoms with Crippen LogP contribution in [0.5, 0.6) is 5.75 Å². The molecule has 3 heteroatoms. The molecule has 0 spiro atoms. The van der Waals surface area contributed by atoms with Crippen LogP contribution in [-0.2, 0) is 0 Å². The van der Waals surface area contributed by atoms with Crippen LogP contribution in [0.3, 0.4) is 0 Å². The van der Waals surface area contributed by atoms with Crippen molar-refractivity contribution in [2.45, 2.75) is 0 Å². The Morgan fingerprint density at radius 3 is 2.15 bits per heavy atom. The molecule has 0 amide bonds. The molecule has 0 saturated heterocycles. The number of fused-ring (bicyclic) bond motifs is 2. The largest absolute Gasteiger partial charge is 0.490 e. The summed E-state index contributed by atoms with van der Waals surface area (Å²) in [5.41, 5.74) is 1.74. The van der Waals surface area contributed by atoms with E-state index in [1.165, 1.54) is 0 Å². The summed E-state index contributed by atoms with van der Waals surface area (Å²) in [6.07, 6.45) is 1.63. The van der Waals surface area contributed by atoms with E-state index in [9.17, 15) is 9.59 Å². The fraction of sp³-hybridized carbons (Fsp3) is 0.0588. The summed E-state index contributed by atoms with van der Waals surface area (Å²) in [5, 5.41) is 0. The molecule has 3 rings (SSSR count). The fourth-order valence-electron chi connectivity index (χ4n) is 2.32. The molecule has 1 aliphatic carbocycles. The molecule has 0 aromatic heterocycles. The van der Waals surface area contributed by atoms with E-state index >= 15 is 0 Å². The van der Waals surface area contributed by atoms with Gasteiger partial charge in [0.2, 0.25) is 0 Å². The lowest BCUT2D eigenvalue weighted by molar-refractivity contribution is 0.0979. The van der Waals surface area contributed by atoms with Gasteiger partial charge >= 0.3 is 0 Å². The standard InChI is InChI=1S/C17H12O3/c1-2-9-20-11-7-8-14-15(10-11)17(19)13-6-4-3-5-12(13)16(14)18/h2-8,10H,1,9H2. The minimum absolute atomic E-state index is 0.120. The second-order valence-corrected chi connectivity index (χ2v) is 4.51. The molecular weight excluding hydrogens is 252 g/mol. The second kappa shape index (κ2) is 4.78. The number of benzene rings is 2. The van der Waals surface area contributed by atoms with Crippen molar-refractivity contribution in [3.05, 3.63) is 77.4 Å². The lowest BCUT2D eigenvalue weighted by Crippen LogP contribution is -2.20. The van der Waals surface area contributed by atoms with Crippen molar-refractivity contribution < 1.29 is 14.3 Å². The van der Waals surface area contributed by atoms with E-state index in [1.807, 2.05) is 0 Å². The van der Waals surface area contributed by atoms with Gasteiger partial charge in [-0.15, -0.1) is 0 Å². The quantitative estimate of drug-likeness (QED) is 0.683. The first kappa shape index (κ1) is 12.4. The maximum atomic E-state index is 12.5. The third-order valence-corrected chi connectivity index (χ3v) is 3.26. The van der Waals surface area contributed by atoms with Crippen molar-refractivity contribution in [1.82, 2.24) is 0 Å². The van der Waals surface area contributed by atoms with Gasteiger partial charge in [0.05, 0.1) is 0 Å². The van der Waals surface area contributed by atoms with Gasteiger partial charge in [-0.1, -0.05) is 36.9 Å². The molecule has 0 fully saturated rings. The van der Waals surface area contributed by atoms with E-state index in [0.717, 1.165) is 0 Å². The molecule has 98 valence electrons. The van der Waals surface area contributed by atoms with Gasteiger partial charge in [-0.25, -0.2) is 0 Å². The first-order chi connectivity index (χ1) is 9.72. The van der Waals surface area contributed by atoms with Crippen molar-refractivity contribution >= 4 is 11.6 Å². The van der Waals surface area contributed by atoms with Crippen LogP contribution in [-0.4, -0.2) is 18.2 Å². The van der Waals surface area contributed by atoms with E-state index in [0.29, 0.717) is 34.6 Å². The average Bonchev–Trinajstić information content (AvgIpc) is 2.50. The molecule has 0 atom stereocenters. The molecule has 3 nitrogen and oxygen atoms in total. The third kappa shape index (κ3) is 1.84. The zero-order valence-electron chi connectivity index (χ0n) is 10.8. The molecule has 0 bridgehead atoms. The Bertz CT molecular complexity index is 729. The predicted molar refractivity (Wildman–Crippen MR) is 75.4 cm³/mol. The van der Waals surface area contributed by atoms with Gasteiger partial charge < -0.3 is 4.74 Å². The monoisotopic (exact) mass is 264 g/mol. The molecule has 2 aromatic rings. The van der Waals surface area contributed by atoms with E-state index < -0.39 is 0 Å². The Kier molecular flexibility index (Phi) is 2.95. The summed E-state index contributed by atoms with van der Waals surface area (Å²) in [6, 6.07) is 11.8. The maximum absolute atomic E-state index is 12.5. The third-order valence-electron chi connectivity index (χ3n) is 3.26. The Labute approximate surface area is 116 Å². The number of hydrogen-bond donors (Lipinski definition) is 0. The summed E-state index contributed by atoms with van der Waals surface area (Å²) in [6.45, 7) is 3.93. The first-order valence-corrected chi connectivity index (χ1v) is 6.28. The van der Waals surface area contributed by atoms with E-state index in [2.05, 4.69) is 6.58 Å². The van der Waals surface area contributed by atoms with E-state index in [1.54, 1.807) is 48.5 Å². The predicted octanol–water partition coefficient (Wildman–Crippen LogP) is 3.03. The van der Waals surface area contributed by atoms with Gasteiger partial charge in [-0.05, 0) is 18.2 Å². The number of ketones is 2. The number of carbonyl (C=O) groups excluding carboxylic acids is 2. The Hall–Kier alpha value is -2.68. The van der Waals surface area contributed by atoms with Gasteiger partial charge in [0, 0.05) is 22.3 Å². The van der Waals surface area contributed by atoms with Gasteiger partial charge in [-0.2, -0.15) is 0 Å². The molecular formula is C17H12O3. The average molecular weight is 264 g/mol. The Morgan fingerprint density at radius 2 is 1.50 bits per heavy atom. The number of hydrogen-bond acceptors (Lipinski definition) is 3. The highest BCUT2D eigenvalue weighted by Crippen LogP contribution is 2.29. The van der Waals surface area contributed by atoms with Crippen LogP contribution in [0.2, 0.25) is 0 Å². The van der Waals surface area contributed by atoms with Gasteiger partial charge in [0.15, 0.2) is 11.6 Å². The first-order valence-electron chi connectivity index (χ1n) is 6.28. The Morgan fingerprint density at radius 1 is 0.900 bits per heavy atom. The lowest BCUT2D eigenvalue weighted by Gasteiger charge is -2.17. The molecule has 1 aliphatic rings. The minimum atomic E-state index is -0.140. The molecule has 20 heavy (non-hydrogen) atoms. The maximum Gasteiger partial charge on any atom is 0.194 e. The molecule has 0 radical (unpaired) electrons. The fourth-order valence-corrected chi connectivity index (χ4v) is 2.32. The summed E-state index contributed by atoms with van der Waals surface area (Å²) in [5.74, 6) is 0.300. The van der Waals surface area contributed by atoms with Crippen LogP contribution >= 0.6 is 0 Å². The second-order valence-electron chi connectivity index (χ2n) is 4.51. The topological polar surface area (TPSA) is 43.4 Å². The molecule has 0 N–H and O–H groups in total. The molecule has 2 aromatic carbocycles. The molecule has 0 heterocycles. The van der Waals surface area contributed by atoms with Crippen LogP contribution in [0.25, 0.3) is 0 Å². The van der Waals surface area contributed by atoms with Gasteiger partial charge in [0.25, 0.3) is 0 Å². The highest BCUT2D eigenvalue weighted by molar-refractivity contribution is 6.28. The van der Waals surface area contributed by atoms with Crippen LogP contribution in [0.4, 0.5) is 0 Å². The van der Waals surface area contributed by atoms with E-state index in [-0.39, 0.29) is 11.6 Å². The number of rotatable bonds is 3. The van der Waals surface area contributed by atoms with Crippen molar-refractivity contribution in [1.29, 1.82) is 0 Å². The zero-order valence-corrected chi connectivity index (χ0v) is 10.8. The number of carbonyl (C=O) groups is 2. The summed E-state index contributed by atoms with van der Waals surface area (Å²) >= 11 is 0. The van der Waals surface area contributed by atoms with Gasteiger partial charge in [-0.3, -0.25) is 9.59 Å². The van der Waals surface area contributed by atoms with Crippen LogP contribution in [0, 0.1) is 0 Å². The van der Waals surface area contributed by atoms with E-state index in [4.69, 9.17) is 4.74 Å². The van der Waals surface area contributed by atoms with Gasteiger partial charge in [0.1, 0.15) is 12.4 Å². The SMILES string of the molecule is C=CCOc1ccc2c(c1)C(=O)c1ccccc1C2=O. The normalized spacial score (nSPS) is 12.6. The van der Waals surface area contributed by atoms with Crippen molar-refractivity contribution in [2.24, 2.45) is 0 Å². The lowest BCUT2D eigenvalue weighted by atomic mass is 9.84. The Balaban J connectivity index is 2.11. The van der Waals surface area contributed by atoms with Crippen molar-refractivity contribution in [3.63, 3.8) is 0 Å². The van der Waals surface area contributed by atoms with Crippen LogP contribution in [0.15, 0.2) is 55.1 Å². The summed E-state index contributed by atoms with van der Waals surface area (Å²) < 4.78 is 5.41. The van der Waals surface area contributed by atoms with Crippen LogP contribution < -0.4 is 4.74 Å². The highest BCUT2D eigenvalue weighted by Gasteiger charge is 2.29. The smallest absolute Gasteiger partial charge is 0.194 e. The molecule has 0 unspecified atom stereocenters. The minimum Gasteiger partial charge on any atom is -0.490 e.